The zero-order valence-corrected chi connectivity index (χ0v) is 17.1. The summed E-state index contributed by atoms with van der Waals surface area (Å²) in [5, 5.41) is 12.7. The van der Waals surface area contributed by atoms with E-state index in [0.717, 1.165) is 25.1 Å². The van der Waals surface area contributed by atoms with Gasteiger partial charge in [0.2, 0.25) is 11.8 Å². The Balaban J connectivity index is 1.49. The molecule has 4 heterocycles. The lowest BCUT2D eigenvalue weighted by atomic mass is 9.82. The van der Waals surface area contributed by atoms with E-state index < -0.39 is 0 Å². The molecule has 3 aliphatic rings. The summed E-state index contributed by atoms with van der Waals surface area (Å²) in [5.74, 6) is 1.97. The Bertz CT molecular complexity index is 662. The molecular weight excluding hydrogens is 358 g/mol. The van der Waals surface area contributed by atoms with Gasteiger partial charge in [0.1, 0.15) is 5.82 Å². The lowest BCUT2D eigenvalue weighted by molar-refractivity contribution is 0.0556. The summed E-state index contributed by atoms with van der Waals surface area (Å²) in [7, 11) is 6.01. The Kier molecular flexibility index (Phi) is 5.86. The number of piperidine rings is 2. The fraction of sp³-hybridized carbons (Fsp3) is 0.789. The van der Waals surface area contributed by atoms with E-state index in [4.69, 9.17) is 9.72 Å². The molecular formula is C19H33N7O2. The number of rotatable bonds is 6. The molecule has 9 heteroatoms. The maximum atomic E-state index is 9.29. The molecule has 1 aromatic rings. The fourth-order valence-electron chi connectivity index (χ4n) is 4.83. The van der Waals surface area contributed by atoms with Crippen molar-refractivity contribution < 1.29 is 9.84 Å². The fourth-order valence-corrected chi connectivity index (χ4v) is 4.83. The van der Waals surface area contributed by atoms with Crippen molar-refractivity contribution in [3.05, 3.63) is 6.07 Å². The normalized spacial score (nSPS) is 32.9. The van der Waals surface area contributed by atoms with Gasteiger partial charge in [-0.05, 0) is 32.7 Å². The minimum Gasteiger partial charge on any atom is -0.481 e. The topological polar surface area (TPSA) is 97.8 Å². The third-order valence-electron chi connectivity index (χ3n) is 6.60. The predicted octanol–water partition coefficient (Wildman–Crippen LogP) is 0.534. The van der Waals surface area contributed by atoms with Crippen LogP contribution in [0.5, 0.6) is 5.88 Å². The molecule has 3 aliphatic heterocycles. The Labute approximate surface area is 166 Å². The number of methoxy groups -OCH3 is 1. The van der Waals surface area contributed by atoms with Crippen molar-refractivity contribution in [2.45, 2.75) is 68.9 Å². The summed E-state index contributed by atoms with van der Waals surface area (Å²) >= 11 is 0. The van der Waals surface area contributed by atoms with E-state index >= 15 is 0 Å². The summed E-state index contributed by atoms with van der Waals surface area (Å²) < 4.78 is 5.43. The predicted molar refractivity (Wildman–Crippen MR) is 108 cm³/mol. The number of ether oxygens (including phenoxy) is 1. The van der Waals surface area contributed by atoms with Crippen LogP contribution in [0.4, 0.5) is 11.8 Å². The molecule has 0 aliphatic carbocycles. The maximum absolute atomic E-state index is 9.29. The van der Waals surface area contributed by atoms with E-state index in [-0.39, 0.29) is 18.8 Å². The molecule has 9 nitrogen and oxygen atoms in total. The van der Waals surface area contributed by atoms with Gasteiger partial charge in [-0.15, -0.1) is 0 Å². The van der Waals surface area contributed by atoms with Gasteiger partial charge in [0.15, 0.2) is 0 Å². The van der Waals surface area contributed by atoms with Crippen LogP contribution in [-0.4, -0.2) is 78.1 Å². The zero-order valence-electron chi connectivity index (χ0n) is 17.1. The smallest absolute Gasteiger partial charge is 0.230 e. The van der Waals surface area contributed by atoms with E-state index in [2.05, 4.69) is 45.0 Å². The molecule has 5 atom stereocenters. The highest BCUT2D eigenvalue weighted by Gasteiger charge is 2.38. The number of fused-ring (bicyclic) bond motifs is 2. The van der Waals surface area contributed by atoms with E-state index in [1.54, 1.807) is 7.11 Å². The Morgan fingerprint density at radius 2 is 2.00 bits per heavy atom. The molecule has 3 fully saturated rings. The van der Waals surface area contributed by atoms with Crippen molar-refractivity contribution in [1.29, 1.82) is 0 Å². The van der Waals surface area contributed by atoms with Gasteiger partial charge in [0.25, 0.3) is 0 Å². The molecule has 4 rings (SSSR count). The first kappa shape index (κ1) is 19.6. The van der Waals surface area contributed by atoms with E-state index in [1.165, 1.54) is 19.3 Å². The minimum absolute atomic E-state index is 0.00222. The van der Waals surface area contributed by atoms with Gasteiger partial charge in [0.05, 0.1) is 19.9 Å². The number of aromatic nitrogens is 2. The van der Waals surface area contributed by atoms with Crippen molar-refractivity contribution >= 4 is 11.8 Å². The molecule has 0 aromatic carbocycles. The molecule has 0 spiro atoms. The molecule has 0 saturated carbocycles. The second-order valence-corrected chi connectivity index (χ2v) is 8.34. The van der Waals surface area contributed by atoms with Crippen molar-refractivity contribution in [1.82, 2.24) is 25.7 Å². The second kappa shape index (κ2) is 8.36. The van der Waals surface area contributed by atoms with Crippen molar-refractivity contribution in [3.63, 3.8) is 0 Å². The number of anilines is 2. The standard InChI is InChI=1S/C19H33N7O2/c1-25-13-5-4-6-14(25)9-15(8-13)26(2)19-21-16(10-18(22-19)28-3)20-17-7-12(11-27)23-24-17/h10,12-15,17,23-24,27H,4-9,11H2,1-3H3,(H,20,21,22)/t12?,13-,14+,15?,17?. The number of aliphatic hydroxyl groups is 1. The molecule has 28 heavy (non-hydrogen) atoms. The van der Waals surface area contributed by atoms with Gasteiger partial charge in [-0.3, -0.25) is 5.43 Å². The van der Waals surface area contributed by atoms with Gasteiger partial charge >= 0.3 is 0 Å². The quantitative estimate of drug-likeness (QED) is 0.554. The number of aliphatic hydroxyl groups excluding tert-OH is 1. The SMILES string of the molecule is COc1cc(NC2CC(CO)NN2)nc(N(C)C2C[C@H]3CCC[C@@H](C2)N3C)n1. The largest absolute Gasteiger partial charge is 0.481 e. The van der Waals surface area contributed by atoms with Gasteiger partial charge in [-0.2, -0.15) is 9.97 Å². The molecule has 3 unspecified atom stereocenters. The van der Waals surface area contributed by atoms with Crippen LogP contribution in [0.2, 0.25) is 0 Å². The Morgan fingerprint density at radius 3 is 2.64 bits per heavy atom. The lowest BCUT2D eigenvalue weighted by Crippen LogP contribution is -2.55. The molecule has 1 aromatic heterocycles. The van der Waals surface area contributed by atoms with Crippen molar-refractivity contribution in [2.24, 2.45) is 0 Å². The van der Waals surface area contributed by atoms with Crippen molar-refractivity contribution in [2.75, 3.05) is 38.0 Å². The molecule has 2 bridgehead atoms. The van der Waals surface area contributed by atoms with Crippen LogP contribution >= 0.6 is 0 Å². The minimum atomic E-state index is -0.00222. The van der Waals surface area contributed by atoms with E-state index in [0.29, 0.717) is 30.0 Å². The Morgan fingerprint density at radius 1 is 1.25 bits per heavy atom. The third kappa shape index (κ3) is 4.03. The van der Waals surface area contributed by atoms with Gasteiger partial charge in [0, 0.05) is 43.7 Å². The van der Waals surface area contributed by atoms with E-state index in [9.17, 15) is 5.11 Å². The van der Waals surface area contributed by atoms with Gasteiger partial charge in [-0.25, -0.2) is 5.43 Å². The lowest BCUT2D eigenvalue weighted by Gasteiger charge is -2.49. The number of hydrogen-bond donors (Lipinski definition) is 4. The number of nitrogens with one attached hydrogen (secondary N) is 3. The Hall–Kier alpha value is -1.68. The molecule has 0 amide bonds. The van der Waals surface area contributed by atoms with Crippen LogP contribution in [0.3, 0.4) is 0 Å². The highest BCUT2D eigenvalue weighted by Crippen LogP contribution is 2.35. The van der Waals surface area contributed by atoms with Crippen LogP contribution in [0.25, 0.3) is 0 Å². The average Bonchev–Trinajstić information content (AvgIpc) is 3.14. The monoisotopic (exact) mass is 391 g/mol. The summed E-state index contributed by atoms with van der Waals surface area (Å²) in [4.78, 5) is 14.2. The number of hydrazine groups is 1. The third-order valence-corrected chi connectivity index (χ3v) is 6.60. The highest BCUT2D eigenvalue weighted by atomic mass is 16.5. The highest BCUT2D eigenvalue weighted by molar-refractivity contribution is 5.46. The van der Waals surface area contributed by atoms with Crippen LogP contribution in [0.15, 0.2) is 6.07 Å². The maximum Gasteiger partial charge on any atom is 0.230 e. The first-order chi connectivity index (χ1) is 13.6. The molecule has 0 radical (unpaired) electrons. The number of hydrogen-bond acceptors (Lipinski definition) is 9. The van der Waals surface area contributed by atoms with Crippen LogP contribution in [-0.2, 0) is 0 Å². The van der Waals surface area contributed by atoms with Crippen molar-refractivity contribution in [3.8, 4) is 5.88 Å². The summed E-state index contributed by atoms with van der Waals surface area (Å²) in [6.07, 6.45) is 6.99. The van der Waals surface area contributed by atoms with E-state index in [1.807, 2.05) is 6.07 Å². The summed E-state index contributed by atoms with van der Waals surface area (Å²) in [5.41, 5.74) is 6.21. The first-order valence-electron chi connectivity index (χ1n) is 10.3. The van der Waals surface area contributed by atoms with Crippen LogP contribution in [0.1, 0.15) is 38.5 Å². The number of nitrogens with zero attached hydrogens (tertiary/aromatic N) is 4. The molecule has 156 valence electrons. The van der Waals surface area contributed by atoms with Gasteiger partial charge in [-0.1, -0.05) is 6.42 Å². The average molecular weight is 392 g/mol. The first-order valence-corrected chi connectivity index (χ1v) is 10.3. The van der Waals surface area contributed by atoms with Crippen LogP contribution in [0, 0.1) is 0 Å². The summed E-state index contributed by atoms with van der Waals surface area (Å²) in [6.45, 7) is 0.102. The van der Waals surface area contributed by atoms with Gasteiger partial charge < -0.3 is 25.0 Å². The van der Waals surface area contributed by atoms with Crippen LogP contribution < -0.4 is 25.8 Å². The second-order valence-electron chi connectivity index (χ2n) is 8.34. The zero-order chi connectivity index (χ0) is 19.7. The molecule has 4 N–H and O–H groups in total. The summed E-state index contributed by atoms with van der Waals surface area (Å²) in [6, 6.07) is 3.62. The molecule has 3 saturated heterocycles.